The second kappa shape index (κ2) is 5.24. The second-order valence-electron chi connectivity index (χ2n) is 7.01. The highest BCUT2D eigenvalue weighted by Gasteiger charge is 2.37. The van der Waals surface area contributed by atoms with Gasteiger partial charge in [-0.25, -0.2) is 4.39 Å². The zero-order valence-electron chi connectivity index (χ0n) is 12.2. The number of halogens is 1. The molecule has 2 atom stereocenters. The molecular formula is C17H25FO. The first-order chi connectivity index (χ1) is 8.83. The van der Waals surface area contributed by atoms with Crippen molar-refractivity contribution in [3.05, 3.63) is 35.6 Å². The summed E-state index contributed by atoms with van der Waals surface area (Å²) < 4.78 is 13.9. The van der Waals surface area contributed by atoms with Crippen molar-refractivity contribution in [2.24, 2.45) is 11.3 Å². The van der Waals surface area contributed by atoms with E-state index in [1.807, 2.05) is 6.07 Å². The van der Waals surface area contributed by atoms with Crippen molar-refractivity contribution in [2.45, 2.75) is 58.5 Å². The highest BCUT2D eigenvalue weighted by atomic mass is 19.1. The largest absolute Gasteiger partial charge is 0.385 e. The van der Waals surface area contributed by atoms with E-state index in [9.17, 15) is 9.50 Å². The molecule has 1 aliphatic carbocycles. The Labute approximate surface area is 115 Å². The monoisotopic (exact) mass is 264 g/mol. The van der Waals surface area contributed by atoms with E-state index in [0.717, 1.165) is 19.3 Å². The van der Waals surface area contributed by atoms with E-state index in [1.54, 1.807) is 12.1 Å². The minimum atomic E-state index is -0.981. The fourth-order valence-corrected chi connectivity index (χ4v) is 3.30. The van der Waals surface area contributed by atoms with Gasteiger partial charge in [0.25, 0.3) is 0 Å². The van der Waals surface area contributed by atoms with Gasteiger partial charge >= 0.3 is 0 Å². The summed E-state index contributed by atoms with van der Waals surface area (Å²) in [5.41, 5.74) is -0.240. The first-order valence-electron chi connectivity index (χ1n) is 7.30. The topological polar surface area (TPSA) is 20.2 Å². The predicted molar refractivity (Wildman–Crippen MR) is 76.3 cm³/mol. The Hall–Kier alpha value is -0.890. The standard InChI is InChI=1S/C17H25FO/c1-16(2,3)13-7-6-11-17(19,12-10-13)14-8-4-5-9-15(14)18/h4-5,8-9,13,19H,6-7,10-12H2,1-3H3. The van der Waals surface area contributed by atoms with Crippen LogP contribution in [-0.4, -0.2) is 5.11 Å². The van der Waals surface area contributed by atoms with Crippen LogP contribution in [0, 0.1) is 17.2 Å². The van der Waals surface area contributed by atoms with Gasteiger partial charge in [0.15, 0.2) is 0 Å². The number of rotatable bonds is 1. The maximum atomic E-state index is 13.9. The summed E-state index contributed by atoms with van der Waals surface area (Å²) in [6.45, 7) is 6.77. The lowest BCUT2D eigenvalue weighted by Gasteiger charge is -2.31. The molecule has 0 amide bonds. The molecule has 106 valence electrons. The Morgan fingerprint density at radius 1 is 1.16 bits per heavy atom. The van der Waals surface area contributed by atoms with Gasteiger partial charge in [-0.15, -0.1) is 0 Å². The molecule has 2 heteroatoms. The van der Waals surface area contributed by atoms with Gasteiger partial charge in [-0.3, -0.25) is 0 Å². The third-order valence-corrected chi connectivity index (χ3v) is 4.65. The molecule has 19 heavy (non-hydrogen) atoms. The first-order valence-corrected chi connectivity index (χ1v) is 7.30. The van der Waals surface area contributed by atoms with E-state index in [0.29, 0.717) is 24.3 Å². The molecule has 2 unspecified atom stereocenters. The SMILES string of the molecule is CC(C)(C)C1CCCC(O)(c2ccccc2F)CC1. The highest BCUT2D eigenvalue weighted by Crippen LogP contribution is 2.43. The molecule has 1 aromatic carbocycles. The van der Waals surface area contributed by atoms with Crippen molar-refractivity contribution in [3.63, 3.8) is 0 Å². The number of hydrogen-bond donors (Lipinski definition) is 1. The molecule has 0 bridgehead atoms. The van der Waals surface area contributed by atoms with Crippen LogP contribution in [0.1, 0.15) is 58.4 Å². The van der Waals surface area contributed by atoms with Crippen LogP contribution in [0.4, 0.5) is 4.39 Å². The Morgan fingerprint density at radius 3 is 2.47 bits per heavy atom. The molecule has 2 rings (SSSR count). The summed E-state index contributed by atoms with van der Waals surface area (Å²) in [6, 6.07) is 6.66. The molecule has 1 fully saturated rings. The Balaban J connectivity index is 2.20. The Bertz CT molecular complexity index is 435. The molecule has 0 radical (unpaired) electrons. The summed E-state index contributed by atoms with van der Waals surface area (Å²) in [5, 5.41) is 10.8. The minimum Gasteiger partial charge on any atom is -0.385 e. The molecule has 0 aliphatic heterocycles. The van der Waals surface area contributed by atoms with Crippen molar-refractivity contribution < 1.29 is 9.50 Å². The van der Waals surface area contributed by atoms with Crippen molar-refractivity contribution >= 4 is 0 Å². The fourth-order valence-electron chi connectivity index (χ4n) is 3.30. The van der Waals surface area contributed by atoms with E-state index >= 15 is 0 Å². The van der Waals surface area contributed by atoms with Crippen molar-refractivity contribution in [3.8, 4) is 0 Å². The van der Waals surface area contributed by atoms with Gasteiger partial charge in [0.05, 0.1) is 5.60 Å². The smallest absolute Gasteiger partial charge is 0.129 e. The van der Waals surface area contributed by atoms with Crippen molar-refractivity contribution in [1.29, 1.82) is 0 Å². The van der Waals surface area contributed by atoms with Gasteiger partial charge in [-0.1, -0.05) is 39.0 Å². The van der Waals surface area contributed by atoms with E-state index in [1.165, 1.54) is 6.07 Å². The van der Waals surface area contributed by atoms with E-state index in [-0.39, 0.29) is 11.2 Å². The Kier molecular flexibility index (Phi) is 4.00. The molecule has 1 N–H and O–H groups in total. The maximum absolute atomic E-state index is 13.9. The van der Waals surface area contributed by atoms with E-state index in [2.05, 4.69) is 20.8 Å². The van der Waals surface area contributed by atoms with Gasteiger partial charge in [0.1, 0.15) is 5.82 Å². The van der Waals surface area contributed by atoms with Crippen LogP contribution in [0.3, 0.4) is 0 Å². The quantitative estimate of drug-likeness (QED) is 0.733. The number of benzene rings is 1. The van der Waals surface area contributed by atoms with Crippen LogP contribution >= 0.6 is 0 Å². The van der Waals surface area contributed by atoms with Gasteiger partial charge in [0, 0.05) is 5.56 Å². The predicted octanol–water partition coefficient (Wildman–Crippen LogP) is 4.64. The molecule has 0 aromatic heterocycles. The fraction of sp³-hybridized carbons (Fsp3) is 0.647. The van der Waals surface area contributed by atoms with Crippen LogP contribution in [0.15, 0.2) is 24.3 Å². The Morgan fingerprint density at radius 2 is 1.84 bits per heavy atom. The zero-order valence-corrected chi connectivity index (χ0v) is 12.2. The van der Waals surface area contributed by atoms with Gasteiger partial charge in [0.2, 0.25) is 0 Å². The average molecular weight is 264 g/mol. The van der Waals surface area contributed by atoms with Gasteiger partial charge in [-0.2, -0.15) is 0 Å². The first kappa shape index (κ1) is 14.5. The summed E-state index contributed by atoms with van der Waals surface area (Å²) in [7, 11) is 0. The lowest BCUT2D eigenvalue weighted by Crippen LogP contribution is -2.27. The maximum Gasteiger partial charge on any atom is 0.129 e. The molecule has 0 heterocycles. The van der Waals surface area contributed by atoms with Crippen LogP contribution in [0.2, 0.25) is 0 Å². The minimum absolute atomic E-state index is 0.264. The lowest BCUT2D eigenvalue weighted by molar-refractivity contribution is 0.0146. The summed E-state index contributed by atoms with van der Waals surface area (Å²) in [4.78, 5) is 0. The van der Waals surface area contributed by atoms with Crippen LogP contribution in [0.25, 0.3) is 0 Å². The third kappa shape index (κ3) is 3.17. The van der Waals surface area contributed by atoms with Crippen LogP contribution < -0.4 is 0 Å². The molecule has 1 nitrogen and oxygen atoms in total. The molecule has 1 aliphatic rings. The van der Waals surface area contributed by atoms with Crippen molar-refractivity contribution in [1.82, 2.24) is 0 Å². The number of aliphatic hydroxyl groups is 1. The highest BCUT2D eigenvalue weighted by molar-refractivity contribution is 5.24. The second-order valence-corrected chi connectivity index (χ2v) is 7.01. The third-order valence-electron chi connectivity index (χ3n) is 4.65. The summed E-state index contributed by atoms with van der Waals surface area (Å²) >= 11 is 0. The molecule has 0 saturated heterocycles. The molecule has 0 spiro atoms. The normalized spacial score (nSPS) is 29.0. The molecule has 1 saturated carbocycles. The van der Waals surface area contributed by atoms with E-state index in [4.69, 9.17) is 0 Å². The summed E-state index contributed by atoms with van der Waals surface area (Å²) in [5.74, 6) is 0.326. The van der Waals surface area contributed by atoms with Crippen molar-refractivity contribution in [2.75, 3.05) is 0 Å². The molecular weight excluding hydrogens is 239 g/mol. The average Bonchev–Trinajstić information content (AvgIpc) is 2.52. The zero-order chi connectivity index (χ0) is 14.1. The lowest BCUT2D eigenvalue weighted by atomic mass is 9.76. The van der Waals surface area contributed by atoms with Crippen LogP contribution in [0.5, 0.6) is 0 Å². The van der Waals surface area contributed by atoms with Gasteiger partial charge in [-0.05, 0) is 49.5 Å². The van der Waals surface area contributed by atoms with E-state index < -0.39 is 5.60 Å². The molecule has 1 aromatic rings. The van der Waals surface area contributed by atoms with Gasteiger partial charge < -0.3 is 5.11 Å². The van der Waals surface area contributed by atoms with Crippen LogP contribution in [-0.2, 0) is 5.60 Å². The summed E-state index contributed by atoms with van der Waals surface area (Å²) in [6.07, 6.45) is 4.39. The number of hydrogen-bond acceptors (Lipinski definition) is 1.